The van der Waals surface area contributed by atoms with E-state index in [1.54, 1.807) is 29.3 Å². The van der Waals surface area contributed by atoms with Crippen molar-refractivity contribution in [2.45, 2.75) is 23.8 Å². The molecule has 2 aliphatic rings. The lowest BCUT2D eigenvalue weighted by Crippen LogP contribution is -2.38. The summed E-state index contributed by atoms with van der Waals surface area (Å²) in [6.07, 6.45) is 1.85. The number of pyridine rings is 1. The molecule has 0 bridgehead atoms. The molecule has 0 aliphatic carbocycles. The molecular weight excluding hydrogens is 456 g/mol. The number of carbonyl (C=O) groups is 1. The van der Waals surface area contributed by atoms with Crippen LogP contribution in [0, 0.1) is 0 Å². The first kappa shape index (κ1) is 23.3. The maximum atomic E-state index is 13.1. The van der Waals surface area contributed by atoms with Crippen molar-refractivity contribution in [1.29, 1.82) is 0 Å². The quantitative estimate of drug-likeness (QED) is 0.582. The minimum atomic E-state index is -3.83. The highest BCUT2D eigenvalue weighted by atomic mass is 32.2. The first-order chi connectivity index (χ1) is 15.8. The first-order valence-corrected chi connectivity index (χ1v) is 11.8. The number of rotatable bonds is 8. The highest BCUT2D eigenvalue weighted by Gasteiger charge is 2.39. The lowest BCUT2D eigenvalue weighted by Gasteiger charge is -2.26. The minimum Gasteiger partial charge on any atom is -0.435 e. The van der Waals surface area contributed by atoms with Crippen LogP contribution in [0.25, 0.3) is 0 Å². The molecule has 0 radical (unpaired) electrons. The van der Waals surface area contributed by atoms with Gasteiger partial charge >= 0.3 is 6.61 Å². The topological polar surface area (TPSA) is 100 Å². The molecule has 2 aromatic rings. The van der Waals surface area contributed by atoms with E-state index in [0.29, 0.717) is 18.8 Å². The number of halogens is 2. The Morgan fingerprint density at radius 3 is 2.27 bits per heavy atom. The maximum absolute atomic E-state index is 13.1. The van der Waals surface area contributed by atoms with Crippen LogP contribution in [0.15, 0.2) is 64.7 Å². The van der Waals surface area contributed by atoms with E-state index in [1.807, 2.05) is 0 Å². The SMILES string of the molecule is O=C(C(CCO)c1ccccn1)N1CC2=C(C1)CN(S(=O)(=O)c1ccc(OC(F)F)cc1)C2. The predicted molar refractivity (Wildman–Crippen MR) is 114 cm³/mol. The molecule has 33 heavy (non-hydrogen) atoms. The van der Waals surface area contributed by atoms with Crippen LogP contribution < -0.4 is 4.74 Å². The summed E-state index contributed by atoms with van der Waals surface area (Å²) in [5.74, 6) is -0.836. The van der Waals surface area contributed by atoms with E-state index in [4.69, 9.17) is 0 Å². The van der Waals surface area contributed by atoms with Gasteiger partial charge in [-0.1, -0.05) is 6.07 Å². The predicted octanol–water partition coefficient (Wildman–Crippen LogP) is 1.99. The van der Waals surface area contributed by atoms with Crippen molar-refractivity contribution in [1.82, 2.24) is 14.2 Å². The number of benzene rings is 1. The van der Waals surface area contributed by atoms with Crippen LogP contribution in [0.5, 0.6) is 5.75 Å². The zero-order valence-corrected chi connectivity index (χ0v) is 18.4. The Labute approximate surface area is 190 Å². The summed E-state index contributed by atoms with van der Waals surface area (Å²) < 4.78 is 56.2. The average Bonchev–Trinajstić information content (AvgIpc) is 3.38. The largest absolute Gasteiger partial charge is 0.435 e. The van der Waals surface area contributed by atoms with Crippen molar-refractivity contribution >= 4 is 15.9 Å². The van der Waals surface area contributed by atoms with Crippen molar-refractivity contribution in [3.05, 3.63) is 65.5 Å². The molecule has 0 saturated carbocycles. The molecule has 3 heterocycles. The van der Waals surface area contributed by atoms with E-state index in [-0.39, 0.29) is 42.7 Å². The molecule has 11 heteroatoms. The molecule has 0 fully saturated rings. The molecule has 1 atom stereocenters. The number of sulfonamides is 1. The Balaban J connectivity index is 1.41. The Hall–Kier alpha value is -2.89. The Bertz CT molecular complexity index is 1120. The van der Waals surface area contributed by atoms with Gasteiger partial charge in [-0.3, -0.25) is 9.78 Å². The summed E-state index contributed by atoms with van der Waals surface area (Å²) in [7, 11) is -3.83. The van der Waals surface area contributed by atoms with Crippen LogP contribution in [0.3, 0.4) is 0 Å². The second-order valence-electron chi connectivity index (χ2n) is 7.84. The van der Waals surface area contributed by atoms with E-state index in [1.165, 1.54) is 28.6 Å². The second-order valence-corrected chi connectivity index (χ2v) is 9.78. The molecule has 0 spiro atoms. The van der Waals surface area contributed by atoms with Gasteiger partial charge in [0.2, 0.25) is 15.9 Å². The van der Waals surface area contributed by atoms with E-state index < -0.39 is 22.6 Å². The van der Waals surface area contributed by atoms with Crippen LogP contribution in [-0.4, -0.2) is 73.0 Å². The van der Waals surface area contributed by atoms with Gasteiger partial charge in [0.05, 0.1) is 16.5 Å². The number of hydrogen-bond acceptors (Lipinski definition) is 6. The summed E-state index contributed by atoms with van der Waals surface area (Å²) in [6.45, 7) is -2.19. The number of carbonyl (C=O) groups excluding carboxylic acids is 1. The second kappa shape index (κ2) is 9.54. The molecule has 1 aromatic carbocycles. The van der Waals surface area contributed by atoms with E-state index in [2.05, 4.69) is 9.72 Å². The third-order valence-corrected chi connectivity index (χ3v) is 7.56. The van der Waals surface area contributed by atoms with Crippen LogP contribution in [-0.2, 0) is 14.8 Å². The number of aromatic nitrogens is 1. The molecule has 4 rings (SSSR count). The zero-order chi connectivity index (χ0) is 23.6. The number of aliphatic hydroxyl groups excluding tert-OH is 1. The van der Waals surface area contributed by atoms with Gasteiger partial charge in [-0.2, -0.15) is 13.1 Å². The number of ether oxygens (including phenoxy) is 1. The van der Waals surface area contributed by atoms with Gasteiger partial charge < -0.3 is 14.7 Å². The Morgan fingerprint density at radius 2 is 1.73 bits per heavy atom. The van der Waals surface area contributed by atoms with Gasteiger partial charge in [-0.05, 0) is 54.0 Å². The van der Waals surface area contributed by atoms with Gasteiger partial charge in [0.1, 0.15) is 5.75 Å². The van der Waals surface area contributed by atoms with Crippen molar-refractivity contribution in [3.63, 3.8) is 0 Å². The first-order valence-electron chi connectivity index (χ1n) is 10.3. The molecule has 0 saturated heterocycles. The highest BCUT2D eigenvalue weighted by molar-refractivity contribution is 7.89. The fourth-order valence-electron chi connectivity index (χ4n) is 4.14. The van der Waals surface area contributed by atoms with Gasteiger partial charge in [-0.15, -0.1) is 0 Å². The van der Waals surface area contributed by atoms with Gasteiger partial charge in [0.25, 0.3) is 0 Å². The molecule has 1 aromatic heterocycles. The Kier molecular flexibility index (Phi) is 6.73. The number of alkyl halides is 2. The standard InChI is InChI=1S/C22H23F2N3O5S/c23-22(24)32-17-4-6-18(7-5-17)33(30,31)27-13-15-11-26(12-16(15)14-27)21(29)19(8-10-28)20-3-1-2-9-25-20/h1-7,9,19,22,28H,8,10-14H2. The number of nitrogens with zero attached hydrogens (tertiary/aromatic N) is 3. The zero-order valence-electron chi connectivity index (χ0n) is 17.6. The van der Waals surface area contributed by atoms with E-state index in [9.17, 15) is 27.1 Å². The molecule has 1 amide bonds. The summed E-state index contributed by atoms with van der Waals surface area (Å²) in [5.41, 5.74) is 2.33. The summed E-state index contributed by atoms with van der Waals surface area (Å²) in [4.78, 5) is 19.0. The van der Waals surface area contributed by atoms with Crippen molar-refractivity contribution in [3.8, 4) is 5.75 Å². The van der Waals surface area contributed by atoms with Crippen molar-refractivity contribution in [2.75, 3.05) is 32.8 Å². The molecule has 176 valence electrons. The number of hydrogen-bond donors (Lipinski definition) is 1. The van der Waals surface area contributed by atoms with E-state index >= 15 is 0 Å². The van der Waals surface area contributed by atoms with Crippen LogP contribution in [0.2, 0.25) is 0 Å². The third kappa shape index (κ3) is 4.90. The fraction of sp³-hybridized carbons (Fsp3) is 0.364. The summed E-state index contributed by atoms with van der Waals surface area (Å²) in [6, 6.07) is 10.1. The Morgan fingerprint density at radius 1 is 1.06 bits per heavy atom. The monoisotopic (exact) mass is 479 g/mol. The van der Waals surface area contributed by atoms with Crippen molar-refractivity contribution in [2.24, 2.45) is 0 Å². The molecule has 2 aliphatic heterocycles. The van der Waals surface area contributed by atoms with Gasteiger partial charge in [0.15, 0.2) is 0 Å². The van der Waals surface area contributed by atoms with Crippen LogP contribution in [0.1, 0.15) is 18.0 Å². The fourth-order valence-corrected chi connectivity index (χ4v) is 5.57. The van der Waals surface area contributed by atoms with Crippen LogP contribution in [0.4, 0.5) is 8.78 Å². The number of amides is 1. The van der Waals surface area contributed by atoms with Crippen LogP contribution >= 0.6 is 0 Å². The van der Waals surface area contributed by atoms with Gasteiger partial charge in [0, 0.05) is 39.0 Å². The summed E-state index contributed by atoms with van der Waals surface area (Å²) >= 11 is 0. The smallest absolute Gasteiger partial charge is 0.387 e. The van der Waals surface area contributed by atoms with Crippen molar-refractivity contribution < 1.29 is 31.8 Å². The average molecular weight is 480 g/mol. The summed E-state index contributed by atoms with van der Waals surface area (Å²) in [5, 5.41) is 9.42. The van der Waals surface area contributed by atoms with Gasteiger partial charge in [-0.25, -0.2) is 8.42 Å². The van der Waals surface area contributed by atoms with E-state index in [0.717, 1.165) is 11.1 Å². The molecular formula is C22H23F2N3O5S. The minimum absolute atomic E-state index is 0.0172. The highest BCUT2D eigenvalue weighted by Crippen LogP contribution is 2.32. The molecule has 1 N–H and O–H groups in total. The number of aliphatic hydroxyl groups is 1. The molecule has 1 unspecified atom stereocenters. The lowest BCUT2D eigenvalue weighted by molar-refractivity contribution is -0.132. The maximum Gasteiger partial charge on any atom is 0.387 e. The lowest BCUT2D eigenvalue weighted by atomic mass is 9.99. The molecule has 8 nitrogen and oxygen atoms in total. The third-order valence-electron chi connectivity index (χ3n) is 5.76. The normalized spacial score (nSPS) is 17.5.